The fourth-order valence-corrected chi connectivity index (χ4v) is 4.12. The Morgan fingerprint density at radius 1 is 0.829 bits per heavy atom. The molecule has 0 saturated carbocycles. The quantitative estimate of drug-likeness (QED) is 0.116. The van der Waals surface area contributed by atoms with E-state index in [1.54, 1.807) is 36.4 Å². The Hall–Kier alpha value is -5.25. The molecule has 0 spiro atoms. The lowest BCUT2D eigenvalue weighted by Gasteiger charge is -2.14. The second-order valence-corrected chi connectivity index (χ2v) is 8.73. The van der Waals surface area contributed by atoms with Gasteiger partial charge in [-0.2, -0.15) is 13.2 Å². The molecular formula is C31H21F3O7. The largest absolute Gasteiger partial charge is 0.493 e. The number of carbonyl (C=O) groups excluding carboxylic acids is 1. The van der Waals surface area contributed by atoms with Crippen LogP contribution in [-0.2, 0) is 11.0 Å². The number of methoxy groups -OCH3 is 2. The first-order valence-corrected chi connectivity index (χ1v) is 12.1. The Labute approximate surface area is 230 Å². The van der Waals surface area contributed by atoms with Gasteiger partial charge in [0, 0.05) is 12.1 Å². The first kappa shape index (κ1) is 27.3. The summed E-state index contributed by atoms with van der Waals surface area (Å²) < 4.78 is 68.1. The van der Waals surface area contributed by atoms with E-state index in [0.29, 0.717) is 17.1 Å². The SMILES string of the molecule is COc1ccc(/C=C/C(=O)Oc2ccc3c(=O)c(Oc4ccc5ccccc5c4)c(C(F)(F)F)oc3c2)cc1OC. The number of halogens is 3. The summed E-state index contributed by atoms with van der Waals surface area (Å²) in [4.78, 5) is 25.5. The number of alkyl halides is 3. The van der Waals surface area contributed by atoms with Gasteiger partial charge in [-0.05, 0) is 58.8 Å². The first-order valence-electron chi connectivity index (χ1n) is 12.1. The van der Waals surface area contributed by atoms with Gasteiger partial charge >= 0.3 is 12.1 Å². The summed E-state index contributed by atoms with van der Waals surface area (Å²) in [6.45, 7) is 0. The molecule has 0 fully saturated rings. The third kappa shape index (κ3) is 5.86. The van der Waals surface area contributed by atoms with Gasteiger partial charge in [-0.25, -0.2) is 4.79 Å². The maximum Gasteiger partial charge on any atom is 0.453 e. The highest BCUT2D eigenvalue weighted by Crippen LogP contribution is 2.39. The number of esters is 1. The van der Waals surface area contributed by atoms with Gasteiger partial charge in [0.15, 0.2) is 11.5 Å². The van der Waals surface area contributed by atoms with Gasteiger partial charge in [-0.1, -0.05) is 36.4 Å². The minimum Gasteiger partial charge on any atom is -0.493 e. The number of rotatable bonds is 7. The summed E-state index contributed by atoms with van der Waals surface area (Å²) in [6, 6.07) is 20.3. The standard InChI is InChI=1S/C31H21F3O7/c1-37-24-13-7-18(15-26(24)38-2)8-14-27(35)39-22-11-12-23-25(17-22)41-30(31(32,33)34)29(28(23)36)40-21-10-9-19-5-3-4-6-20(19)16-21/h3-17H,1-2H3/b14-8+. The summed E-state index contributed by atoms with van der Waals surface area (Å²) in [6.07, 6.45) is -2.46. The Bertz CT molecular complexity index is 1860. The second-order valence-electron chi connectivity index (χ2n) is 8.73. The molecule has 0 atom stereocenters. The van der Waals surface area contributed by atoms with Crippen molar-refractivity contribution in [3.05, 3.63) is 106 Å². The Morgan fingerprint density at radius 3 is 2.29 bits per heavy atom. The van der Waals surface area contributed by atoms with E-state index in [2.05, 4.69) is 0 Å². The Balaban J connectivity index is 1.43. The average molecular weight is 562 g/mol. The molecular weight excluding hydrogens is 541 g/mol. The van der Waals surface area contributed by atoms with E-state index in [1.807, 2.05) is 12.1 Å². The molecule has 0 N–H and O–H groups in total. The predicted molar refractivity (Wildman–Crippen MR) is 146 cm³/mol. The van der Waals surface area contributed by atoms with Crippen LogP contribution in [0.1, 0.15) is 11.3 Å². The molecule has 1 aromatic heterocycles. The van der Waals surface area contributed by atoms with E-state index < -0.39 is 34.7 Å². The third-order valence-electron chi connectivity index (χ3n) is 6.06. The van der Waals surface area contributed by atoms with Crippen molar-refractivity contribution < 1.29 is 41.3 Å². The zero-order chi connectivity index (χ0) is 29.1. The summed E-state index contributed by atoms with van der Waals surface area (Å²) in [5, 5.41) is 1.38. The highest BCUT2D eigenvalue weighted by Gasteiger charge is 2.40. The van der Waals surface area contributed by atoms with Crippen LogP contribution in [-0.4, -0.2) is 20.2 Å². The van der Waals surface area contributed by atoms with E-state index in [9.17, 15) is 22.8 Å². The van der Waals surface area contributed by atoms with Crippen LogP contribution in [0.4, 0.5) is 13.2 Å². The van der Waals surface area contributed by atoms with Crippen molar-refractivity contribution in [2.24, 2.45) is 0 Å². The van der Waals surface area contributed by atoms with Crippen molar-refractivity contribution in [3.63, 3.8) is 0 Å². The van der Waals surface area contributed by atoms with E-state index in [4.69, 9.17) is 23.4 Å². The fraction of sp³-hybridized carbons (Fsp3) is 0.0968. The van der Waals surface area contributed by atoms with Crippen LogP contribution in [0.15, 0.2) is 94.2 Å². The minimum absolute atomic E-state index is 0.0349. The number of carbonyl (C=O) groups is 1. The minimum atomic E-state index is -5.05. The van der Waals surface area contributed by atoms with Gasteiger partial charge in [0.1, 0.15) is 17.1 Å². The number of hydrogen-bond donors (Lipinski definition) is 0. The normalized spacial score (nSPS) is 11.6. The zero-order valence-corrected chi connectivity index (χ0v) is 21.7. The van der Waals surface area contributed by atoms with Crippen LogP contribution < -0.4 is 24.4 Å². The zero-order valence-electron chi connectivity index (χ0n) is 21.7. The van der Waals surface area contributed by atoms with Crippen molar-refractivity contribution in [1.29, 1.82) is 0 Å². The molecule has 0 unspecified atom stereocenters. The van der Waals surface area contributed by atoms with Crippen molar-refractivity contribution in [2.45, 2.75) is 6.18 Å². The van der Waals surface area contributed by atoms with Crippen molar-refractivity contribution in [3.8, 4) is 28.7 Å². The molecule has 0 aliphatic rings. The monoisotopic (exact) mass is 562 g/mol. The fourth-order valence-electron chi connectivity index (χ4n) is 4.12. The van der Waals surface area contributed by atoms with Crippen LogP contribution in [0, 0.1) is 0 Å². The summed E-state index contributed by atoms with van der Waals surface area (Å²) >= 11 is 0. The maximum atomic E-state index is 14.0. The molecule has 10 heteroatoms. The summed E-state index contributed by atoms with van der Waals surface area (Å²) in [5.74, 6) is -2.55. The highest BCUT2D eigenvalue weighted by atomic mass is 19.4. The van der Waals surface area contributed by atoms with Gasteiger partial charge in [-0.3, -0.25) is 4.79 Å². The van der Waals surface area contributed by atoms with Gasteiger partial charge in [0.2, 0.25) is 11.2 Å². The van der Waals surface area contributed by atoms with Crippen molar-refractivity contribution in [1.82, 2.24) is 0 Å². The van der Waals surface area contributed by atoms with E-state index >= 15 is 0 Å². The molecule has 0 radical (unpaired) electrons. The molecule has 0 aliphatic heterocycles. The topological polar surface area (TPSA) is 84.2 Å². The molecule has 208 valence electrons. The number of ether oxygens (including phenoxy) is 4. The smallest absolute Gasteiger partial charge is 0.453 e. The Kier molecular flexibility index (Phi) is 7.39. The molecule has 1 heterocycles. The van der Waals surface area contributed by atoms with E-state index in [0.717, 1.165) is 22.9 Å². The molecule has 5 aromatic rings. The third-order valence-corrected chi connectivity index (χ3v) is 6.06. The highest BCUT2D eigenvalue weighted by molar-refractivity contribution is 5.90. The molecule has 0 aliphatic carbocycles. The summed E-state index contributed by atoms with van der Waals surface area (Å²) in [5.41, 5.74) is -0.849. The van der Waals surface area contributed by atoms with Crippen LogP contribution in [0.3, 0.4) is 0 Å². The molecule has 7 nitrogen and oxygen atoms in total. The van der Waals surface area contributed by atoms with Gasteiger partial charge < -0.3 is 23.4 Å². The lowest BCUT2D eigenvalue weighted by atomic mass is 10.1. The average Bonchev–Trinajstić information content (AvgIpc) is 2.96. The van der Waals surface area contributed by atoms with Crippen molar-refractivity contribution >= 4 is 33.8 Å². The second kappa shape index (κ2) is 11.1. The Morgan fingerprint density at radius 2 is 1.56 bits per heavy atom. The molecule has 0 saturated heterocycles. The molecule has 5 rings (SSSR count). The van der Waals surface area contributed by atoms with Crippen LogP contribution in [0.2, 0.25) is 0 Å². The van der Waals surface area contributed by atoms with E-state index in [-0.39, 0.29) is 16.9 Å². The predicted octanol–water partition coefficient (Wildman–Crippen LogP) is 7.39. The number of fused-ring (bicyclic) bond motifs is 2. The van der Waals surface area contributed by atoms with Crippen LogP contribution in [0.25, 0.3) is 27.8 Å². The summed E-state index contributed by atoms with van der Waals surface area (Å²) in [7, 11) is 2.97. The molecule has 0 amide bonds. The van der Waals surface area contributed by atoms with E-state index in [1.165, 1.54) is 44.6 Å². The lowest BCUT2D eigenvalue weighted by Crippen LogP contribution is -2.15. The number of hydrogen-bond acceptors (Lipinski definition) is 7. The van der Waals surface area contributed by atoms with Gasteiger partial charge in [0.25, 0.3) is 5.76 Å². The molecule has 0 bridgehead atoms. The molecule has 4 aromatic carbocycles. The van der Waals surface area contributed by atoms with Crippen LogP contribution in [0.5, 0.6) is 28.7 Å². The molecule has 41 heavy (non-hydrogen) atoms. The number of benzene rings is 4. The lowest BCUT2D eigenvalue weighted by molar-refractivity contribution is -0.154. The van der Waals surface area contributed by atoms with Crippen molar-refractivity contribution in [2.75, 3.05) is 14.2 Å². The van der Waals surface area contributed by atoms with Gasteiger partial charge in [-0.15, -0.1) is 0 Å². The first-order chi connectivity index (χ1) is 19.7. The van der Waals surface area contributed by atoms with Gasteiger partial charge in [0.05, 0.1) is 19.6 Å². The van der Waals surface area contributed by atoms with Crippen LogP contribution >= 0.6 is 0 Å². The maximum absolute atomic E-state index is 14.0.